The van der Waals surface area contributed by atoms with E-state index in [-0.39, 0.29) is 5.91 Å². The van der Waals surface area contributed by atoms with Crippen LogP contribution in [0.5, 0.6) is 0 Å². The van der Waals surface area contributed by atoms with Crippen molar-refractivity contribution >= 4 is 17.4 Å². The number of nitrogen functional groups attached to an aromatic ring is 1. The molecule has 0 bridgehead atoms. The summed E-state index contributed by atoms with van der Waals surface area (Å²) in [4.78, 5) is 16.1. The van der Waals surface area contributed by atoms with Gasteiger partial charge in [0.15, 0.2) is 0 Å². The maximum absolute atomic E-state index is 11.8. The van der Waals surface area contributed by atoms with Crippen LogP contribution in [0.2, 0.25) is 0 Å². The molecule has 0 atom stereocenters. The fourth-order valence-corrected chi connectivity index (χ4v) is 1.90. The van der Waals surface area contributed by atoms with Gasteiger partial charge in [0.25, 0.3) is 5.91 Å². The summed E-state index contributed by atoms with van der Waals surface area (Å²) < 4.78 is 0. The highest BCUT2D eigenvalue weighted by Gasteiger charge is 2.03. The molecule has 0 aliphatic carbocycles. The third-order valence-corrected chi connectivity index (χ3v) is 3.03. The Morgan fingerprint density at radius 3 is 2.67 bits per heavy atom. The van der Waals surface area contributed by atoms with Gasteiger partial charge in [-0.1, -0.05) is 18.2 Å². The zero-order valence-corrected chi connectivity index (χ0v) is 12.1. The second-order valence-electron chi connectivity index (χ2n) is 4.79. The summed E-state index contributed by atoms with van der Waals surface area (Å²) in [5, 5.41) is 6.06. The van der Waals surface area contributed by atoms with Gasteiger partial charge in [-0.25, -0.2) is 4.98 Å². The van der Waals surface area contributed by atoms with E-state index >= 15 is 0 Å². The number of hydrogen-bond acceptors (Lipinski definition) is 4. The molecule has 0 aliphatic heterocycles. The van der Waals surface area contributed by atoms with Gasteiger partial charge < -0.3 is 16.4 Å². The van der Waals surface area contributed by atoms with Crippen molar-refractivity contribution in [2.24, 2.45) is 0 Å². The summed E-state index contributed by atoms with van der Waals surface area (Å²) in [5.41, 5.74) is 8.06. The molecule has 4 N–H and O–H groups in total. The van der Waals surface area contributed by atoms with Gasteiger partial charge in [0, 0.05) is 24.3 Å². The fourth-order valence-electron chi connectivity index (χ4n) is 1.90. The molecule has 110 valence electrons. The van der Waals surface area contributed by atoms with Crippen LogP contribution in [0.25, 0.3) is 0 Å². The van der Waals surface area contributed by atoms with E-state index in [1.54, 1.807) is 12.1 Å². The van der Waals surface area contributed by atoms with E-state index in [9.17, 15) is 4.79 Å². The number of nitrogens with zero attached hydrogens (tertiary/aromatic N) is 1. The highest BCUT2D eigenvalue weighted by atomic mass is 16.1. The van der Waals surface area contributed by atoms with Gasteiger partial charge in [-0.05, 0) is 37.6 Å². The first-order valence-electron chi connectivity index (χ1n) is 6.97. The topological polar surface area (TPSA) is 80.0 Å². The van der Waals surface area contributed by atoms with Crippen molar-refractivity contribution in [1.82, 2.24) is 10.3 Å². The van der Waals surface area contributed by atoms with E-state index in [0.29, 0.717) is 30.2 Å². The summed E-state index contributed by atoms with van der Waals surface area (Å²) in [7, 11) is 0. The molecule has 0 spiro atoms. The van der Waals surface area contributed by atoms with Gasteiger partial charge in [-0.3, -0.25) is 4.79 Å². The molecular formula is C16H20N4O. The van der Waals surface area contributed by atoms with Crippen LogP contribution >= 0.6 is 0 Å². The van der Waals surface area contributed by atoms with Gasteiger partial charge >= 0.3 is 0 Å². The summed E-state index contributed by atoms with van der Waals surface area (Å²) in [6, 6.07) is 12.9. The first kappa shape index (κ1) is 14.8. The summed E-state index contributed by atoms with van der Waals surface area (Å²) >= 11 is 0. The average molecular weight is 284 g/mol. The maximum Gasteiger partial charge on any atom is 0.251 e. The Morgan fingerprint density at radius 1 is 1.14 bits per heavy atom. The van der Waals surface area contributed by atoms with E-state index in [0.717, 1.165) is 12.1 Å². The number of rotatable bonds is 6. The standard InChI is InChI=1S/C16H20N4O/c1-12-8-9-14(17)15(20-12)18-10-5-11-19-16(21)13-6-3-2-4-7-13/h2-4,6-9H,5,10-11,17H2,1H3,(H,18,20)(H,19,21). The van der Waals surface area contributed by atoms with Crippen LogP contribution in [0.3, 0.4) is 0 Å². The Bertz CT molecular complexity index is 598. The zero-order valence-electron chi connectivity index (χ0n) is 12.1. The van der Waals surface area contributed by atoms with Crippen molar-refractivity contribution < 1.29 is 4.79 Å². The minimum atomic E-state index is -0.0520. The molecule has 1 aromatic carbocycles. The van der Waals surface area contributed by atoms with E-state index in [1.807, 2.05) is 37.3 Å². The van der Waals surface area contributed by atoms with Crippen LogP contribution in [-0.4, -0.2) is 24.0 Å². The van der Waals surface area contributed by atoms with Crippen LogP contribution in [0.15, 0.2) is 42.5 Å². The Morgan fingerprint density at radius 2 is 1.90 bits per heavy atom. The normalized spacial score (nSPS) is 10.1. The van der Waals surface area contributed by atoms with Crippen molar-refractivity contribution in [3.8, 4) is 0 Å². The number of pyridine rings is 1. The van der Waals surface area contributed by atoms with Gasteiger partial charge in [0.1, 0.15) is 5.82 Å². The molecule has 5 heteroatoms. The maximum atomic E-state index is 11.8. The van der Waals surface area contributed by atoms with Gasteiger partial charge in [0.2, 0.25) is 0 Å². The van der Waals surface area contributed by atoms with Crippen molar-refractivity contribution in [2.45, 2.75) is 13.3 Å². The molecule has 0 saturated carbocycles. The molecule has 21 heavy (non-hydrogen) atoms. The number of anilines is 2. The molecule has 0 fully saturated rings. The highest BCUT2D eigenvalue weighted by molar-refractivity contribution is 5.94. The molecule has 0 saturated heterocycles. The number of aryl methyl sites for hydroxylation is 1. The fraction of sp³-hybridized carbons (Fsp3) is 0.250. The van der Waals surface area contributed by atoms with Crippen LogP contribution in [-0.2, 0) is 0 Å². The molecule has 0 radical (unpaired) electrons. The Hall–Kier alpha value is -2.56. The van der Waals surface area contributed by atoms with Gasteiger partial charge in [-0.15, -0.1) is 0 Å². The molecule has 1 amide bonds. The molecule has 2 aromatic rings. The zero-order chi connectivity index (χ0) is 15.1. The largest absolute Gasteiger partial charge is 0.396 e. The molecule has 0 aliphatic rings. The second kappa shape index (κ2) is 7.28. The smallest absolute Gasteiger partial charge is 0.251 e. The molecule has 2 rings (SSSR count). The SMILES string of the molecule is Cc1ccc(N)c(NCCCNC(=O)c2ccccc2)n1. The molecule has 1 heterocycles. The van der Waals surface area contributed by atoms with E-state index in [2.05, 4.69) is 15.6 Å². The number of benzene rings is 1. The van der Waals surface area contributed by atoms with Crippen LogP contribution < -0.4 is 16.4 Å². The summed E-state index contributed by atoms with van der Waals surface area (Å²) in [6.45, 7) is 3.23. The van der Waals surface area contributed by atoms with E-state index in [1.165, 1.54) is 0 Å². The van der Waals surface area contributed by atoms with E-state index in [4.69, 9.17) is 5.73 Å². The lowest BCUT2D eigenvalue weighted by atomic mass is 10.2. The first-order valence-corrected chi connectivity index (χ1v) is 6.97. The Labute approximate surface area is 124 Å². The lowest BCUT2D eigenvalue weighted by Gasteiger charge is -2.09. The van der Waals surface area contributed by atoms with Crippen molar-refractivity contribution in [3.05, 3.63) is 53.7 Å². The Balaban J connectivity index is 1.71. The molecular weight excluding hydrogens is 264 g/mol. The summed E-state index contributed by atoms with van der Waals surface area (Å²) in [6.07, 6.45) is 0.799. The molecule has 0 unspecified atom stereocenters. The van der Waals surface area contributed by atoms with Gasteiger partial charge in [-0.2, -0.15) is 0 Å². The Kier molecular flexibility index (Phi) is 5.15. The predicted molar refractivity (Wildman–Crippen MR) is 85.3 cm³/mol. The molecule has 1 aromatic heterocycles. The third-order valence-electron chi connectivity index (χ3n) is 3.03. The lowest BCUT2D eigenvalue weighted by Crippen LogP contribution is -2.25. The predicted octanol–water partition coefficient (Wildman–Crippen LogP) is 2.20. The van der Waals surface area contributed by atoms with E-state index < -0.39 is 0 Å². The third kappa shape index (κ3) is 4.49. The minimum absolute atomic E-state index is 0.0520. The monoisotopic (exact) mass is 284 g/mol. The van der Waals surface area contributed by atoms with Crippen molar-refractivity contribution in [3.63, 3.8) is 0 Å². The first-order chi connectivity index (χ1) is 10.2. The van der Waals surface area contributed by atoms with Crippen LogP contribution in [0.4, 0.5) is 11.5 Å². The van der Waals surface area contributed by atoms with Crippen molar-refractivity contribution in [1.29, 1.82) is 0 Å². The second-order valence-corrected chi connectivity index (χ2v) is 4.79. The molecule has 5 nitrogen and oxygen atoms in total. The quantitative estimate of drug-likeness (QED) is 0.710. The number of nitrogens with two attached hydrogens (primary N) is 1. The van der Waals surface area contributed by atoms with Crippen molar-refractivity contribution in [2.75, 3.05) is 24.1 Å². The number of amides is 1. The number of carbonyl (C=O) groups is 1. The average Bonchev–Trinajstić information content (AvgIpc) is 2.51. The minimum Gasteiger partial charge on any atom is -0.396 e. The number of hydrogen-bond donors (Lipinski definition) is 3. The van der Waals surface area contributed by atoms with Gasteiger partial charge in [0.05, 0.1) is 5.69 Å². The number of carbonyl (C=O) groups excluding carboxylic acids is 1. The number of aromatic nitrogens is 1. The van der Waals surface area contributed by atoms with Crippen LogP contribution in [0.1, 0.15) is 22.5 Å². The van der Waals surface area contributed by atoms with Crippen LogP contribution in [0, 0.1) is 6.92 Å². The summed E-state index contributed by atoms with van der Waals surface area (Å²) in [5.74, 6) is 0.646. The lowest BCUT2D eigenvalue weighted by molar-refractivity contribution is 0.0953. The number of nitrogens with one attached hydrogen (secondary N) is 2. The highest BCUT2D eigenvalue weighted by Crippen LogP contribution is 2.14.